The van der Waals surface area contributed by atoms with Crippen molar-refractivity contribution in [2.45, 2.75) is 38.6 Å². The summed E-state index contributed by atoms with van der Waals surface area (Å²) in [4.78, 5) is 8.47. The molecule has 17 heavy (non-hydrogen) atoms. The average Bonchev–Trinajstić information content (AvgIpc) is 2.94. The summed E-state index contributed by atoms with van der Waals surface area (Å²) in [5, 5.41) is 3.57. The maximum Gasteiger partial charge on any atom is 0.239 e. The third-order valence-corrected chi connectivity index (χ3v) is 4.16. The first kappa shape index (κ1) is 10.8. The number of nitrogens with zero attached hydrogens (tertiary/aromatic N) is 2. The predicted octanol–water partition coefficient (Wildman–Crippen LogP) is 1.67. The molecule has 92 valence electrons. The summed E-state index contributed by atoms with van der Waals surface area (Å²) in [6.45, 7) is 2.02. The monoisotopic (exact) mass is 233 g/mol. The summed E-state index contributed by atoms with van der Waals surface area (Å²) < 4.78 is 0. The van der Waals surface area contributed by atoms with E-state index in [9.17, 15) is 0 Å². The number of anilines is 2. The highest BCUT2D eigenvalue weighted by atomic mass is 15.3. The van der Waals surface area contributed by atoms with Gasteiger partial charge >= 0.3 is 0 Å². The fourth-order valence-electron chi connectivity index (χ4n) is 3.25. The van der Waals surface area contributed by atoms with Crippen LogP contribution in [0.2, 0.25) is 0 Å². The predicted molar refractivity (Wildman–Crippen MR) is 67.4 cm³/mol. The minimum absolute atomic E-state index is 0.473. The Morgan fingerprint density at radius 2 is 2.24 bits per heavy atom. The molecule has 2 aliphatic carbocycles. The van der Waals surface area contributed by atoms with Crippen molar-refractivity contribution in [2.75, 3.05) is 10.7 Å². The Morgan fingerprint density at radius 1 is 1.35 bits per heavy atom. The fraction of sp³-hybridized carbons (Fsp3) is 0.667. The molecule has 0 radical (unpaired) electrons. The van der Waals surface area contributed by atoms with Gasteiger partial charge in [-0.05, 0) is 38.0 Å². The molecule has 1 aromatic heterocycles. The van der Waals surface area contributed by atoms with Crippen molar-refractivity contribution in [3.63, 3.8) is 0 Å². The van der Waals surface area contributed by atoms with E-state index in [1.54, 1.807) is 6.20 Å². The van der Waals surface area contributed by atoms with Gasteiger partial charge in [0.1, 0.15) is 5.82 Å². The largest absolute Gasteiger partial charge is 0.367 e. The zero-order valence-electron chi connectivity index (χ0n) is 10.1. The number of hydrogen-bond acceptors (Lipinski definition) is 5. The highest BCUT2D eigenvalue weighted by molar-refractivity contribution is 5.47. The minimum Gasteiger partial charge on any atom is -0.367 e. The first-order chi connectivity index (χ1) is 8.26. The molecule has 2 fully saturated rings. The van der Waals surface area contributed by atoms with Crippen molar-refractivity contribution in [1.29, 1.82) is 0 Å². The van der Waals surface area contributed by atoms with E-state index in [0.29, 0.717) is 12.0 Å². The normalized spacial score (nSPS) is 30.6. The minimum atomic E-state index is 0.473. The molecule has 2 aliphatic rings. The Balaban J connectivity index is 1.76. The summed E-state index contributed by atoms with van der Waals surface area (Å²) in [6, 6.07) is 0.591. The molecule has 1 heterocycles. The van der Waals surface area contributed by atoms with Gasteiger partial charge in [-0.3, -0.25) is 5.43 Å². The van der Waals surface area contributed by atoms with E-state index < -0.39 is 0 Å². The topological polar surface area (TPSA) is 75.9 Å². The Hall–Kier alpha value is -1.36. The molecule has 5 nitrogen and oxygen atoms in total. The second-order valence-electron chi connectivity index (χ2n) is 5.30. The van der Waals surface area contributed by atoms with Crippen molar-refractivity contribution >= 4 is 11.8 Å². The van der Waals surface area contributed by atoms with Gasteiger partial charge in [-0.25, -0.2) is 10.8 Å². The van der Waals surface area contributed by atoms with E-state index in [4.69, 9.17) is 5.84 Å². The highest BCUT2D eigenvalue weighted by Crippen LogP contribution is 2.45. The van der Waals surface area contributed by atoms with Crippen LogP contribution in [0.4, 0.5) is 11.8 Å². The molecule has 3 rings (SSSR count). The lowest BCUT2D eigenvalue weighted by atomic mass is 9.95. The second kappa shape index (κ2) is 4.14. The Bertz CT molecular complexity index is 419. The maximum atomic E-state index is 5.33. The van der Waals surface area contributed by atoms with Crippen molar-refractivity contribution in [3.8, 4) is 0 Å². The van der Waals surface area contributed by atoms with Crippen molar-refractivity contribution in [3.05, 3.63) is 11.8 Å². The highest BCUT2D eigenvalue weighted by Gasteiger charge is 2.39. The Kier molecular flexibility index (Phi) is 2.63. The van der Waals surface area contributed by atoms with Crippen LogP contribution in [0.25, 0.3) is 0 Å². The molecule has 2 bridgehead atoms. The van der Waals surface area contributed by atoms with Crippen LogP contribution in [-0.2, 0) is 0 Å². The molecule has 0 aliphatic heterocycles. The molecule has 0 amide bonds. The molecule has 5 heteroatoms. The van der Waals surface area contributed by atoms with Gasteiger partial charge in [-0.2, -0.15) is 4.98 Å². The molecule has 4 N–H and O–H groups in total. The first-order valence-electron chi connectivity index (χ1n) is 6.33. The van der Waals surface area contributed by atoms with Crippen LogP contribution in [0.15, 0.2) is 6.20 Å². The Labute approximate surface area is 101 Å². The lowest BCUT2D eigenvalue weighted by Gasteiger charge is -2.24. The second-order valence-corrected chi connectivity index (χ2v) is 5.30. The Morgan fingerprint density at radius 3 is 2.88 bits per heavy atom. The molecule has 2 saturated carbocycles. The molecule has 0 aromatic carbocycles. The summed E-state index contributed by atoms with van der Waals surface area (Å²) in [5.41, 5.74) is 3.57. The van der Waals surface area contributed by atoms with Gasteiger partial charge in [-0.1, -0.05) is 6.42 Å². The zero-order valence-corrected chi connectivity index (χ0v) is 10.1. The summed E-state index contributed by atoms with van der Waals surface area (Å²) in [5.74, 6) is 8.50. The van der Waals surface area contributed by atoms with Crippen molar-refractivity contribution in [1.82, 2.24) is 9.97 Å². The van der Waals surface area contributed by atoms with E-state index in [0.717, 1.165) is 23.2 Å². The summed E-state index contributed by atoms with van der Waals surface area (Å²) >= 11 is 0. The lowest BCUT2D eigenvalue weighted by molar-refractivity contribution is 0.439. The van der Waals surface area contributed by atoms with Crippen LogP contribution >= 0.6 is 0 Å². The first-order valence-corrected chi connectivity index (χ1v) is 6.33. The molecular formula is C12H19N5. The van der Waals surface area contributed by atoms with Crippen molar-refractivity contribution in [2.24, 2.45) is 17.7 Å². The molecule has 0 saturated heterocycles. The lowest BCUT2D eigenvalue weighted by Crippen LogP contribution is -2.27. The van der Waals surface area contributed by atoms with E-state index in [1.807, 2.05) is 6.92 Å². The maximum absolute atomic E-state index is 5.33. The standard InChI is InChI=1S/C12H19N5/c1-7-6-14-12(17-13)16-11(7)15-10-5-8-2-3-9(10)4-8/h6,8-10H,2-5,13H2,1H3,(H2,14,15,16,17). The molecule has 1 aromatic rings. The number of fused-ring (bicyclic) bond motifs is 2. The van der Waals surface area contributed by atoms with Crippen LogP contribution in [0.5, 0.6) is 0 Å². The number of rotatable bonds is 3. The van der Waals surface area contributed by atoms with Crippen LogP contribution in [-0.4, -0.2) is 16.0 Å². The molecule has 3 unspecified atom stereocenters. The van der Waals surface area contributed by atoms with E-state index in [2.05, 4.69) is 20.7 Å². The van der Waals surface area contributed by atoms with Crippen LogP contribution in [0.1, 0.15) is 31.2 Å². The molecule has 3 atom stereocenters. The zero-order chi connectivity index (χ0) is 11.8. The SMILES string of the molecule is Cc1cnc(NN)nc1NC1CC2CCC1C2. The number of aromatic nitrogens is 2. The van der Waals surface area contributed by atoms with Crippen LogP contribution in [0.3, 0.4) is 0 Å². The number of hydrazine groups is 1. The third kappa shape index (κ3) is 1.95. The van der Waals surface area contributed by atoms with E-state index in [1.165, 1.54) is 25.7 Å². The molecular weight excluding hydrogens is 214 g/mol. The average molecular weight is 233 g/mol. The van der Waals surface area contributed by atoms with Crippen LogP contribution < -0.4 is 16.6 Å². The van der Waals surface area contributed by atoms with Crippen molar-refractivity contribution < 1.29 is 0 Å². The molecule has 0 spiro atoms. The van der Waals surface area contributed by atoms with Gasteiger partial charge in [-0.15, -0.1) is 0 Å². The van der Waals surface area contributed by atoms with E-state index in [-0.39, 0.29) is 0 Å². The number of nitrogens with one attached hydrogen (secondary N) is 2. The van der Waals surface area contributed by atoms with Gasteiger partial charge in [0.2, 0.25) is 5.95 Å². The quantitative estimate of drug-likeness (QED) is 0.547. The van der Waals surface area contributed by atoms with E-state index >= 15 is 0 Å². The summed E-state index contributed by atoms with van der Waals surface area (Å²) in [6.07, 6.45) is 7.27. The van der Waals surface area contributed by atoms with Gasteiger partial charge in [0.05, 0.1) is 0 Å². The number of aryl methyl sites for hydroxylation is 1. The van der Waals surface area contributed by atoms with Gasteiger partial charge in [0, 0.05) is 17.8 Å². The van der Waals surface area contributed by atoms with Gasteiger partial charge in [0.25, 0.3) is 0 Å². The fourth-order valence-corrected chi connectivity index (χ4v) is 3.25. The third-order valence-electron chi connectivity index (χ3n) is 4.16. The summed E-state index contributed by atoms with van der Waals surface area (Å²) in [7, 11) is 0. The van der Waals surface area contributed by atoms with Crippen LogP contribution in [0, 0.1) is 18.8 Å². The number of hydrogen-bond donors (Lipinski definition) is 3. The number of nitrogens with two attached hydrogens (primary N) is 1. The smallest absolute Gasteiger partial charge is 0.239 e. The van der Waals surface area contributed by atoms with Gasteiger partial charge in [0.15, 0.2) is 0 Å². The number of nitrogen functional groups attached to an aromatic ring is 1. The van der Waals surface area contributed by atoms with Gasteiger partial charge < -0.3 is 5.32 Å².